The summed E-state index contributed by atoms with van der Waals surface area (Å²) in [7, 11) is 0. The van der Waals surface area contributed by atoms with Gasteiger partial charge in [0.2, 0.25) is 5.91 Å². The van der Waals surface area contributed by atoms with E-state index in [1.165, 1.54) is 10.7 Å². The van der Waals surface area contributed by atoms with Crippen molar-refractivity contribution in [1.82, 2.24) is 14.7 Å². The summed E-state index contributed by atoms with van der Waals surface area (Å²) in [5.74, 6) is -0.0136. The predicted octanol–water partition coefficient (Wildman–Crippen LogP) is 2.33. The lowest BCUT2D eigenvalue weighted by molar-refractivity contribution is -0.138. The number of hydrogen-bond acceptors (Lipinski definition) is 3. The van der Waals surface area contributed by atoms with E-state index in [9.17, 15) is 9.59 Å². The number of aromatic nitrogens is 2. The van der Waals surface area contributed by atoms with Crippen molar-refractivity contribution in [2.24, 2.45) is 0 Å². The molecule has 0 aromatic carbocycles. The standard InChI is InChI=1S/C17H27N3O2/c1-12-7-6-8-13(2)20(12)16(22)11-19-15(21)10-9-14(18-19)17(3,4)5/h9-10,12-13H,6-8,11H2,1-5H3. The largest absolute Gasteiger partial charge is 0.336 e. The Bertz CT molecular complexity index is 591. The summed E-state index contributed by atoms with van der Waals surface area (Å²) in [6, 6.07) is 3.72. The molecule has 1 amide bonds. The van der Waals surface area contributed by atoms with Gasteiger partial charge < -0.3 is 4.90 Å². The van der Waals surface area contributed by atoms with E-state index in [4.69, 9.17) is 0 Å². The number of piperidine rings is 1. The maximum atomic E-state index is 12.6. The second-order valence-electron chi connectivity index (χ2n) is 7.39. The molecule has 1 aliphatic heterocycles. The summed E-state index contributed by atoms with van der Waals surface area (Å²) in [4.78, 5) is 26.6. The summed E-state index contributed by atoms with van der Waals surface area (Å²) >= 11 is 0. The number of carbonyl (C=O) groups is 1. The third-order valence-electron chi connectivity index (χ3n) is 4.40. The third-order valence-corrected chi connectivity index (χ3v) is 4.40. The average molecular weight is 305 g/mol. The minimum atomic E-state index is -0.223. The highest BCUT2D eigenvalue weighted by Crippen LogP contribution is 2.23. The minimum absolute atomic E-state index is 0.0136. The van der Waals surface area contributed by atoms with E-state index < -0.39 is 0 Å². The molecule has 0 spiro atoms. The zero-order valence-corrected chi connectivity index (χ0v) is 14.3. The van der Waals surface area contributed by atoms with Crippen LogP contribution in [0, 0.1) is 0 Å². The molecule has 122 valence electrons. The number of hydrogen-bond donors (Lipinski definition) is 0. The van der Waals surface area contributed by atoms with E-state index >= 15 is 0 Å². The van der Waals surface area contributed by atoms with Crippen molar-refractivity contribution in [2.45, 2.75) is 77.9 Å². The highest BCUT2D eigenvalue weighted by atomic mass is 16.2. The first-order valence-corrected chi connectivity index (χ1v) is 8.10. The topological polar surface area (TPSA) is 55.2 Å². The minimum Gasteiger partial charge on any atom is -0.336 e. The number of carbonyl (C=O) groups excluding carboxylic acids is 1. The summed E-state index contributed by atoms with van der Waals surface area (Å²) in [6.45, 7) is 10.3. The molecule has 1 aromatic heterocycles. The fraction of sp³-hybridized carbons (Fsp3) is 0.706. The normalized spacial score (nSPS) is 22.7. The third kappa shape index (κ3) is 3.57. The molecule has 0 saturated carbocycles. The molecule has 1 saturated heterocycles. The van der Waals surface area contributed by atoms with E-state index in [1.54, 1.807) is 6.07 Å². The van der Waals surface area contributed by atoms with Crippen molar-refractivity contribution in [3.63, 3.8) is 0 Å². The van der Waals surface area contributed by atoms with Gasteiger partial charge in [-0.15, -0.1) is 0 Å². The molecule has 1 aromatic rings. The SMILES string of the molecule is CC1CCCC(C)N1C(=O)Cn1nc(C(C)(C)C)ccc1=O. The maximum Gasteiger partial charge on any atom is 0.267 e. The molecule has 1 aliphatic rings. The molecular formula is C17H27N3O2. The van der Waals surface area contributed by atoms with Crippen molar-refractivity contribution < 1.29 is 4.79 Å². The molecular weight excluding hydrogens is 278 g/mol. The Morgan fingerprint density at radius 3 is 2.36 bits per heavy atom. The van der Waals surface area contributed by atoms with Gasteiger partial charge in [0, 0.05) is 23.6 Å². The first-order chi connectivity index (χ1) is 10.2. The first-order valence-electron chi connectivity index (χ1n) is 8.10. The van der Waals surface area contributed by atoms with Gasteiger partial charge in [-0.1, -0.05) is 20.8 Å². The molecule has 0 bridgehead atoms. The van der Waals surface area contributed by atoms with Crippen molar-refractivity contribution in [1.29, 1.82) is 0 Å². The van der Waals surface area contributed by atoms with Crippen molar-refractivity contribution in [3.05, 3.63) is 28.2 Å². The van der Waals surface area contributed by atoms with Crippen LogP contribution in [0.1, 0.15) is 59.6 Å². The van der Waals surface area contributed by atoms with Gasteiger partial charge in [0.1, 0.15) is 6.54 Å². The Morgan fingerprint density at radius 2 is 1.82 bits per heavy atom. The van der Waals surface area contributed by atoms with Crippen molar-refractivity contribution >= 4 is 5.91 Å². The zero-order valence-electron chi connectivity index (χ0n) is 14.3. The van der Waals surface area contributed by atoms with E-state index in [0.29, 0.717) is 0 Å². The molecule has 22 heavy (non-hydrogen) atoms. The summed E-state index contributed by atoms with van der Waals surface area (Å²) in [6.07, 6.45) is 3.21. The van der Waals surface area contributed by atoms with Gasteiger partial charge in [0.05, 0.1) is 5.69 Å². The van der Waals surface area contributed by atoms with Crippen LogP contribution in [-0.2, 0) is 16.8 Å². The monoisotopic (exact) mass is 305 g/mol. The summed E-state index contributed by atoms with van der Waals surface area (Å²) < 4.78 is 1.30. The number of nitrogens with zero attached hydrogens (tertiary/aromatic N) is 3. The Labute approximate surface area is 132 Å². The molecule has 0 radical (unpaired) electrons. The molecule has 2 atom stereocenters. The second kappa shape index (κ2) is 6.23. The van der Waals surface area contributed by atoms with Crippen LogP contribution >= 0.6 is 0 Å². The second-order valence-corrected chi connectivity index (χ2v) is 7.39. The van der Waals surface area contributed by atoms with E-state index in [2.05, 4.69) is 18.9 Å². The maximum absolute atomic E-state index is 12.6. The molecule has 5 heteroatoms. The van der Waals surface area contributed by atoms with Gasteiger partial charge in [-0.2, -0.15) is 5.10 Å². The molecule has 2 rings (SSSR count). The molecule has 1 fully saturated rings. The van der Waals surface area contributed by atoms with E-state index in [0.717, 1.165) is 25.0 Å². The zero-order chi connectivity index (χ0) is 16.5. The molecule has 0 N–H and O–H groups in total. The highest BCUT2D eigenvalue weighted by Gasteiger charge is 2.29. The lowest BCUT2D eigenvalue weighted by atomic mass is 9.92. The molecule has 0 aliphatic carbocycles. The van der Waals surface area contributed by atoms with Crippen LogP contribution in [0.15, 0.2) is 16.9 Å². The van der Waals surface area contributed by atoms with Crippen LogP contribution in [0.3, 0.4) is 0 Å². The summed E-state index contributed by atoms with van der Waals surface area (Å²) in [5, 5.41) is 4.39. The Kier molecular flexibility index (Phi) is 4.73. The van der Waals surface area contributed by atoms with Gasteiger partial charge >= 0.3 is 0 Å². The van der Waals surface area contributed by atoms with Gasteiger partial charge in [-0.25, -0.2) is 4.68 Å². The van der Waals surface area contributed by atoms with E-state index in [1.807, 2.05) is 25.7 Å². The fourth-order valence-corrected chi connectivity index (χ4v) is 3.08. The summed E-state index contributed by atoms with van der Waals surface area (Å²) in [5.41, 5.74) is 0.447. The molecule has 2 heterocycles. The van der Waals surface area contributed by atoms with Crippen LogP contribution in [0.2, 0.25) is 0 Å². The Morgan fingerprint density at radius 1 is 1.23 bits per heavy atom. The smallest absolute Gasteiger partial charge is 0.267 e. The lowest BCUT2D eigenvalue weighted by Crippen LogP contribution is -2.49. The van der Waals surface area contributed by atoms with E-state index in [-0.39, 0.29) is 35.5 Å². The van der Waals surface area contributed by atoms with Crippen LogP contribution in [-0.4, -0.2) is 32.7 Å². The number of rotatable bonds is 2. The highest BCUT2D eigenvalue weighted by molar-refractivity contribution is 5.76. The Balaban J connectivity index is 2.23. The molecule has 5 nitrogen and oxygen atoms in total. The van der Waals surface area contributed by atoms with Gasteiger partial charge in [-0.05, 0) is 39.2 Å². The number of amides is 1. The van der Waals surface area contributed by atoms with Crippen LogP contribution in [0.25, 0.3) is 0 Å². The van der Waals surface area contributed by atoms with Crippen molar-refractivity contribution in [2.75, 3.05) is 0 Å². The van der Waals surface area contributed by atoms with Gasteiger partial charge in [0.25, 0.3) is 5.56 Å². The average Bonchev–Trinajstić information content (AvgIpc) is 2.39. The van der Waals surface area contributed by atoms with Gasteiger partial charge in [-0.3, -0.25) is 9.59 Å². The fourth-order valence-electron chi connectivity index (χ4n) is 3.08. The van der Waals surface area contributed by atoms with Gasteiger partial charge in [0.15, 0.2) is 0 Å². The number of likely N-dealkylation sites (tertiary alicyclic amines) is 1. The first kappa shape index (κ1) is 16.7. The van der Waals surface area contributed by atoms with Crippen LogP contribution in [0.5, 0.6) is 0 Å². The molecule has 2 unspecified atom stereocenters. The van der Waals surface area contributed by atoms with Crippen LogP contribution < -0.4 is 5.56 Å². The quantitative estimate of drug-likeness (QED) is 0.842. The van der Waals surface area contributed by atoms with Crippen molar-refractivity contribution in [3.8, 4) is 0 Å². The lowest BCUT2D eigenvalue weighted by Gasteiger charge is -2.39. The Hall–Kier alpha value is -1.65. The van der Waals surface area contributed by atoms with Crippen LogP contribution in [0.4, 0.5) is 0 Å². The predicted molar refractivity (Wildman–Crippen MR) is 86.8 cm³/mol.